The maximum Gasteiger partial charge on any atom is 0.259 e. The molecule has 1 N–H and O–H groups in total. The van der Waals surface area contributed by atoms with Crippen LogP contribution in [0.25, 0.3) is 0 Å². The van der Waals surface area contributed by atoms with E-state index in [2.05, 4.69) is 10.3 Å². The molecule has 0 aliphatic carbocycles. The third-order valence-electron chi connectivity index (χ3n) is 7.31. The number of fused-ring (bicyclic) bond motifs is 1. The van der Waals surface area contributed by atoms with Gasteiger partial charge in [-0.1, -0.05) is 54.6 Å². The second-order valence-electron chi connectivity index (χ2n) is 10.0. The van der Waals surface area contributed by atoms with Crippen molar-refractivity contribution in [2.24, 2.45) is 0 Å². The summed E-state index contributed by atoms with van der Waals surface area (Å²) in [5, 5.41) is 3.01. The van der Waals surface area contributed by atoms with Gasteiger partial charge < -0.3 is 14.8 Å². The van der Waals surface area contributed by atoms with Gasteiger partial charge >= 0.3 is 0 Å². The van der Waals surface area contributed by atoms with Crippen molar-refractivity contribution in [1.29, 1.82) is 0 Å². The summed E-state index contributed by atoms with van der Waals surface area (Å²) < 4.78 is 11.4. The molecule has 4 aromatic carbocycles. The Bertz CT molecular complexity index is 1720. The molecule has 0 spiro atoms. The lowest BCUT2D eigenvalue weighted by atomic mass is 9.78. The number of anilines is 2. The largest absolute Gasteiger partial charge is 0.497 e. The molecular weight excluding hydrogens is 526 g/mol. The Hall–Kier alpha value is -5.43. The summed E-state index contributed by atoms with van der Waals surface area (Å²) in [4.78, 5) is 34.5. The predicted molar refractivity (Wildman–Crippen MR) is 162 cm³/mol. The van der Waals surface area contributed by atoms with E-state index in [4.69, 9.17) is 9.47 Å². The lowest BCUT2D eigenvalue weighted by Crippen LogP contribution is -2.46. The van der Waals surface area contributed by atoms with Gasteiger partial charge in [0, 0.05) is 16.9 Å². The predicted octanol–water partition coefficient (Wildman–Crippen LogP) is 7.31. The number of para-hydroxylation sites is 1. The Morgan fingerprint density at radius 2 is 1.43 bits per heavy atom. The maximum atomic E-state index is 14.2. The molecule has 2 heterocycles. The number of hydrogen-bond acceptors (Lipinski definition) is 5. The van der Waals surface area contributed by atoms with Crippen LogP contribution in [-0.4, -0.2) is 23.9 Å². The van der Waals surface area contributed by atoms with Crippen molar-refractivity contribution in [3.63, 3.8) is 0 Å². The fraction of sp³-hybridized carbons (Fsp3) is 0.114. The normalized spacial score (nSPS) is 16.0. The van der Waals surface area contributed by atoms with E-state index >= 15 is 0 Å². The van der Waals surface area contributed by atoms with Gasteiger partial charge in [0.25, 0.3) is 5.91 Å². The molecule has 0 saturated carbocycles. The van der Waals surface area contributed by atoms with Crippen LogP contribution < -0.4 is 19.7 Å². The number of aryl methyl sites for hydroxylation is 1. The van der Waals surface area contributed by atoms with E-state index in [1.807, 2.05) is 116 Å². The van der Waals surface area contributed by atoms with Crippen LogP contribution in [0.5, 0.6) is 17.2 Å². The van der Waals surface area contributed by atoms with Crippen LogP contribution in [0.1, 0.15) is 39.1 Å². The van der Waals surface area contributed by atoms with Gasteiger partial charge in [0.2, 0.25) is 5.91 Å². The van der Waals surface area contributed by atoms with Crippen LogP contribution in [0.15, 0.2) is 121 Å². The molecular formula is C35H29N3O4. The molecule has 6 rings (SSSR count). The third kappa shape index (κ3) is 5.32. The Labute approximate surface area is 244 Å². The molecule has 1 aromatic heterocycles. The molecule has 1 aliphatic rings. The van der Waals surface area contributed by atoms with Crippen molar-refractivity contribution in [3.8, 4) is 17.2 Å². The number of rotatable bonds is 7. The molecule has 7 nitrogen and oxygen atoms in total. The SMILES string of the molecule is COc1ccc([C@@H]2[C@@H](C(=O)Nc3cccc(C)n3)c3ccccc3C(=O)N2c2ccc(Oc3ccccc3)cc2)cc1. The second kappa shape index (κ2) is 11.6. The van der Waals surface area contributed by atoms with Crippen molar-refractivity contribution in [2.75, 3.05) is 17.3 Å². The highest BCUT2D eigenvalue weighted by Gasteiger charge is 2.45. The van der Waals surface area contributed by atoms with Gasteiger partial charge in [-0.2, -0.15) is 0 Å². The first-order chi connectivity index (χ1) is 20.5. The molecule has 42 heavy (non-hydrogen) atoms. The number of nitrogens with zero attached hydrogens (tertiary/aromatic N) is 2. The first-order valence-corrected chi connectivity index (χ1v) is 13.7. The van der Waals surface area contributed by atoms with Crippen LogP contribution in [0.4, 0.5) is 11.5 Å². The number of benzene rings is 4. The smallest absolute Gasteiger partial charge is 0.259 e. The first-order valence-electron chi connectivity index (χ1n) is 13.7. The van der Waals surface area contributed by atoms with E-state index in [9.17, 15) is 9.59 Å². The summed E-state index contributed by atoms with van der Waals surface area (Å²) in [6.45, 7) is 1.87. The van der Waals surface area contributed by atoms with Gasteiger partial charge in [0.05, 0.1) is 19.1 Å². The second-order valence-corrected chi connectivity index (χ2v) is 10.0. The summed E-state index contributed by atoms with van der Waals surface area (Å²) in [5.74, 6) is 1.30. The van der Waals surface area contributed by atoms with Gasteiger partial charge in [-0.15, -0.1) is 0 Å². The van der Waals surface area contributed by atoms with Gasteiger partial charge in [-0.3, -0.25) is 14.5 Å². The lowest BCUT2D eigenvalue weighted by Gasteiger charge is -2.41. The minimum absolute atomic E-state index is 0.194. The quantitative estimate of drug-likeness (QED) is 0.228. The van der Waals surface area contributed by atoms with E-state index in [-0.39, 0.29) is 11.8 Å². The monoisotopic (exact) mass is 555 g/mol. The maximum absolute atomic E-state index is 14.2. The zero-order valence-electron chi connectivity index (χ0n) is 23.2. The zero-order valence-corrected chi connectivity index (χ0v) is 23.2. The van der Waals surface area contributed by atoms with Crippen molar-refractivity contribution in [1.82, 2.24) is 4.98 Å². The molecule has 1 aliphatic heterocycles. The highest BCUT2D eigenvalue weighted by Crippen LogP contribution is 2.46. The summed E-state index contributed by atoms with van der Waals surface area (Å²) in [5.41, 5.74) is 3.36. The number of nitrogens with one attached hydrogen (secondary N) is 1. The van der Waals surface area contributed by atoms with Crippen LogP contribution in [0, 0.1) is 6.92 Å². The number of pyridine rings is 1. The van der Waals surface area contributed by atoms with E-state index in [0.717, 1.165) is 11.3 Å². The molecule has 7 heteroatoms. The number of aromatic nitrogens is 1. The van der Waals surface area contributed by atoms with E-state index in [1.165, 1.54) is 0 Å². The standard InChI is InChI=1S/C35H29N3O4/c1-23-9-8-14-31(36-23)37-34(39)32-29-12-6-7-13-30(29)35(40)38(33(32)24-15-19-26(41-2)20-16-24)25-17-21-28(22-18-25)42-27-10-4-3-5-11-27/h3-22,32-33H,1-2H3,(H,36,37,39)/t32-,33+/m0/s1. The highest BCUT2D eigenvalue weighted by molar-refractivity contribution is 6.12. The van der Waals surface area contributed by atoms with Crippen molar-refractivity contribution < 1.29 is 19.1 Å². The molecule has 2 amide bonds. The van der Waals surface area contributed by atoms with E-state index in [0.29, 0.717) is 39.9 Å². The summed E-state index contributed by atoms with van der Waals surface area (Å²) in [7, 11) is 1.60. The topological polar surface area (TPSA) is 80.8 Å². The molecule has 0 saturated heterocycles. The fourth-order valence-corrected chi connectivity index (χ4v) is 5.36. The van der Waals surface area contributed by atoms with Crippen LogP contribution in [0.3, 0.4) is 0 Å². The number of carbonyl (C=O) groups excluding carboxylic acids is 2. The Morgan fingerprint density at radius 3 is 2.14 bits per heavy atom. The van der Waals surface area contributed by atoms with Gasteiger partial charge in [0.1, 0.15) is 23.1 Å². The van der Waals surface area contributed by atoms with E-state index < -0.39 is 12.0 Å². The molecule has 5 aromatic rings. The summed E-state index contributed by atoms with van der Waals surface area (Å²) >= 11 is 0. The van der Waals surface area contributed by atoms with Crippen molar-refractivity contribution >= 4 is 23.3 Å². The molecule has 0 radical (unpaired) electrons. The highest BCUT2D eigenvalue weighted by atomic mass is 16.5. The number of methoxy groups -OCH3 is 1. The summed E-state index contributed by atoms with van der Waals surface area (Å²) in [6, 6.07) is 36.4. The van der Waals surface area contributed by atoms with Crippen LogP contribution in [0.2, 0.25) is 0 Å². The number of hydrogen-bond donors (Lipinski definition) is 1. The number of carbonyl (C=O) groups is 2. The van der Waals surface area contributed by atoms with Gasteiger partial charge in [-0.05, 0) is 84.8 Å². The Balaban J connectivity index is 1.45. The van der Waals surface area contributed by atoms with Crippen LogP contribution >= 0.6 is 0 Å². The molecule has 0 bridgehead atoms. The molecule has 0 unspecified atom stereocenters. The molecule has 208 valence electrons. The Morgan fingerprint density at radius 1 is 0.762 bits per heavy atom. The first kappa shape index (κ1) is 26.8. The zero-order chi connectivity index (χ0) is 29.1. The van der Waals surface area contributed by atoms with Crippen LogP contribution in [-0.2, 0) is 4.79 Å². The number of amides is 2. The van der Waals surface area contributed by atoms with Crippen molar-refractivity contribution in [2.45, 2.75) is 18.9 Å². The Kier molecular flexibility index (Phi) is 7.39. The summed E-state index contributed by atoms with van der Waals surface area (Å²) in [6.07, 6.45) is 0. The average Bonchev–Trinajstić information content (AvgIpc) is 3.02. The minimum atomic E-state index is -0.727. The van der Waals surface area contributed by atoms with Gasteiger partial charge in [-0.25, -0.2) is 4.98 Å². The third-order valence-corrected chi connectivity index (χ3v) is 7.31. The van der Waals surface area contributed by atoms with Gasteiger partial charge in [0.15, 0.2) is 0 Å². The average molecular weight is 556 g/mol. The number of ether oxygens (including phenoxy) is 2. The fourth-order valence-electron chi connectivity index (χ4n) is 5.36. The molecule has 0 fully saturated rings. The van der Waals surface area contributed by atoms with E-state index in [1.54, 1.807) is 24.1 Å². The minimum Gasteiger partial charge on any atom is -0.497 e. The van der Waals surface area contributed by atoms with Crippen molar-refractivity contribution in [3.05, 3.63) is 144 Å². The lowest BCUT2D eigenvalue weighted by molar-refractivity contribution is -0.118. The molecule has 2 atom stereocenters.